The Balaban J connectivity index is 4.39. The van der Waals surface area contributed by atoms with Crippen molar-refractivity contribution in [2.45, 2.75) is 20.8 Å². The molecule has 0 fully saturated rings. The molecule has 0 saturated heterocycles. The van der Waals surface area contributed by atoms with Gasteiger partial charge in [0.1, 0.15) is 5.76 Å². The van der Waals surface area contributed by atoms with E-state index in [-0.39, 0.29) is 5.76 Å². The molecule has 0 aromatic heterocycles. The van der Waals surface area contributed by atoms with Crippen LogP contribution < -0.4 is 0 Å². The smallest absolute Gasteiger partial charge is 0.136 e. The third-order valence-corrected chi connectivity index (χ3v) is 1.08. The van der Waals surface area contributed by atoms with Crippen molar-refractivity contribution in [1.29, 1.82) is 0 Å². The fourth-order valence-corrected chi connectivity index (χ4v) is 0.576. The Morgan fingerprint density at radius 1 is 1.20 bits per heavy atom. The van der Waals surface area contributed by atoms with Crippen LogP contribution in [-0.2, 0) is 0 Å². The zero-order valence-corrected chi connectivity index (χ0v) is 6.63. The number of nitrogens with zero attached hydrogens (tertiary/aromatic N) is 1. The molecule has 0 heterocycles. The summed E-state index contributed by atoms with van der Waals surface area (Å²) in [7, 11) is 0. The fourth-order valence-electron chi connectivity index (χ4n) is 0.576. The van der Waals surface area contributed by atoms with Gasteiger partial charge in [0.15, 0.2) is 0 Å². The molecular formula is C8H13NO. The number of hydrogen-bond donors (Lipinski definition) is 1. The van der Waals surface area contributed by atoms with Gasteiger partial charge in [-0.2, -0.15) is 0 Å². The quantitative estimate of drug-likeness (QED) is 0.355. The van der Waals surface area contributed by atoms with Crippen molar-refractivity contribution in [2.24, 2.45) is 4.99 Å². The number of rotatable bonds is 2. The van der Waals surface area contributed by atoms with Crippen LogP contribution in [0.3, 0.4) is 0 Å². The lowest BCUT2D eigenvalue weighted by molar-refractivity contribution is 0.421. The Morgan fingerprint density at radius 2 is 1.80 bits per heavy atom. The van der Waals surface area contributed by atoms with Gasteiger partial charge in [0.05, 0.1) is 5.70 Å². The average Bonchev–Trinajstić information content (AvgIpc) is 1.99. The highest BCUT2D eigenvalue weighted by Gasteiger charge is 1.94. The Morgan fingerprint density at radius 3 is 2.10 bits per heavy atom. The van der Waals surface area contributed by atoms with Crippen LogP contribution in [0, 0.1) is 0 Å². The second-order valence-electron chi connectivity index (χ2n) is 1.74. The van der Waals surface area contributed by atoms with Crippen molar-refractivity contribution in [2.75, 3.05) is 0 Å². The van der Waals surface area contributed by atoms with E-state index in [1.165, 1.54) is 0 Å². The van der Waals surface area contributed by atoms with Crippen LogP contribution in [0.2, 0.25) is 0 Å². The van der Waals surface area contributed by atoms with E-state index in [2.05, 4.69) is 4.99 Å². The lowest BCUT2D eigenvalue weighted by Crippen LogP contribution is -1.83. The molecule has 1 N–H and O–H groups in total. The van der Waals surface area contributed by atoms with E-state index in [4.69, 9.17) is 5.11 Å². The van der Waals surface area contributed by atoms with Gasteiger partial charge in [-0.25, -0.2) is 0 Å². The number of allylic oxidation sites excluding steroid dienone is 2. The SMILES string of the molecule is CC=NC(=CC)C(O)=CC. The lowest BCUT2D eigenvalue weighted by atomic mass is 10.3. The maximum Gasteiger partial charge on any atom is 0.136 e. The first-order valence-corrected chi connectivity index (χ1v) is 3.26. The molecule has 0 aromatic carbocycles. The molecule has 0 amide bonds. The summed E-state index contributed by atoms with van der Waals surface area (Å²) in [4.78, 5) is 3.93. The van der Waals surface area contributed by atoms with Gasteiger partial charge in [0, 0.05) is 6.21 Å². The van der Waals surface area contributed by atoms with Crippen molar-refractivity contribution in [3.63, 3.8) is 0 Å². The Hall–Kier alpha value is -1.05. The molecular weight excluding hydrogens is 126 g/mol. The molecule has 0 atom stereocenters. The van der Waals surface area contributed by atoms with Crippen LogP contribution in [0.1, 0.15) is 20.8 Å². The van der Waals surface area contributed by atoms with Gasteiger partial charge in [0.2, 0.25) is 0 Å². The summed E-state index contributed by atoms with van der Waals surface area (Å²) in [5.41, 5.74) is 0.616. The van der Waals surface area contributed by atoms with Gasteiger partial charge in [-0.05, 0) is 26.8 Å². The normalized spacial score (nSPS) is 14.7. The summed E-state index contributed by atoms with van der Waals surface area (Å²) >= 11 is 0. The third-order valence-electron chi connectivity index (χ3n) is 1.08. The predicted octanol–water partition coefficient (Wildman–Crippen LogP) is 2.44. The summed E-state index contributed by atoms with van der Waals surface area (Å²) in [6.07, 6.45) is 5.02. The van der Waals surface area contributed by atoms with E-state index >= 15 is 0 Å². The van der Waals surface area contributed by atoms with Crippen LogP contribution in [-0.4, -0.2) is 11.3 Å². The molecule has 0 aliphatic carbocycles. The van der Waals surface area contributed by atoms with Crippen LogP contribution in [0.4, 0.5) is 0 Å². The van der Waals surface area contributed by atoms with Gasteiger partial charge < -0.3 is 5.11 Å². The van der Waals surface area contributed by atoms with Crippen LogP contribution >= 0.6 is 0 Å². The van der Waals surface area contributed by atoms with Gasteiger partial charge in [0.25, 0.3) is 0 Å². The van der Waals surface area contributed by atoms with Crippen LogP contribution in [0.15, 0.2) is 28.6 Å². The monoisotopic (exact) mass is 139 g/mol. The highest BCUT2D eigenvalue weighted by molar-refractivity contribution is 5.56. The van der Waals surface area contributed by atoms with Crippen LogP contribution in [0.5, 0.6) is 0 Å². The van der Waals surface area contributed by atoms with E-state index in [1.54, 1.807) is 25.3 Å². The summed E-state index contributed by atoms with van der Waals surface area (Å²) < 4.78 is 0. The Kier molecular flexibility index (Phi) is 4.29. The van der Waals surface area contributed by atoms with Crippen molar-refractivity contribution < 1.29 is 5.11 Å². The molecule has 0 unspecified atom stereocenters. The van der Waals surface area contributed by atoms with Gasteiger partial charge in [-0.3, -0.25) is 4.99 Å². The van der Waals surface area contributed by atoms with Gasteiger partial charge in [-0.1, -0.05) is 6.08 Å². The molecule has 0 aromatic rings. The Labute approximate surface area is 61.6 Å². The fraction of sp³-hybridized carbons (Fsp3) is 0.375. The van der Waals surface area contributed by atoms with E-state index in [9.17, 15) is 0 Å². The maximum absolute atomic E-state index is 9.13. The topological polar surface area (TPSA) is 32.6 Å². The molecule has 0 rings (SSSR count). The molecule has 10 heavy (non-hydrogen) atoms. The van der Waals surface area contributed by atoms with E-state index in [1.807, 2.05) is 13.8 Å². The van der Waals surface area contributed by atoms with Gasteiger partial charge in [-0.15, -0.1) is 0 Å². The third kappa shape index (κ3) is 2.49. The number of hydrogen-bond acceptors (Lipinski definition) is 2. The highest BCUT2D eigenvalue weighted by Crippen LogP contribution is 2.06. The minimum absolute atomic E-state index is 0.223. The van der Waals surface area contributed by atoms with Crippen molar-refractivity contribution in [3.05, 3.63) is 23.6 Å². The van der Waals surface area contributed by atoms with Crippen molar-refractivity contribution in [3.8, 4) is 0 Å². The lowest BCUT2D eigenvalue weighted by Gasteiger charge is -1.96. The molecule has 0 radical (unpaired) electrons. The largest absolute Gasteiger partial charge is 0.506 e. The maximum atomic E-state index is 9.13. The molecule has 56 valence electrons. The van der Waals surface area contributed by atoms with Crippen LogP contribution in [0.25, 0.3) is 0 Å². The van der Waals surface area contributed by atoms with E-state index < -0.39 is 0 Å². The zero-order valence-electron chi connectivity index (χ0n) is 6.63. The molecule has 0 bridgehead atoms. The minimum Gasteiger partial charge on any atom is -0.506 e. The Bertz CT molecular complexity index is 178. The van der Waals surface area contributed by atoms with E-state index in [0.29, 0.717) is 5.70 Å². The summed E-state index contributed by atoms with van der Waals surface area (Å²) in [6.45, 7) is 5.42. The summed E-state index contributed by atoms with van der Waals surface area (Å²) in [5, 5.41) is 9.13. The number of aliphatic hydroxyl groups excluding tert-OH is 1. The number of aliphatic imine (C=N–C) groups is 1. The first-order valence-electron chi connectivity index (χ1n) is 3.26. The molecule has 2 nitrogen and oxygen atoms in total. The van der Waals surface area contributed by atoms with E-state index in [0.717, 1.165) is 0 Å². The molecule has 0 saturated carbocycles. The molecule has 2 heteroatoms. The second kappa shape index (κ2) is 4.79. The zero-order chi connectivity index (χ0) is 7.98. The molecule has 0 aliphatic rings. The van der Waals surface area contributed by atoms with Crippen molar-refractivity contribution >= 4 is 6.21 Å². The second-order valence-corrected chi connectivity index (χ2v) is 1.74. The number of aliphatic hydroxyl groups is 1. The average molecular weight is 139 g/mol. The minimum atomic E-state index is 0.223. The molecule has 0 spiro atoms. The molecule has 0 aliphatic heterocycles. The first kappa shape index (κ1) is 8.95. The van der Waals surface area contributed by atoms with Crippen molar-refractivity contribution in [1.82, 2.24) is 0 Å². The highest BCUT2D eigenvalue weighted by atomic mass is 16.3. The predicted molar refractivity (Wildman–Crippen MR) is 44.3 cm³/mol. The van der Waals surface area contributed by atoms with Gasteiger partial charge >= 0.3 is 0 Å². The first-order chi connectivity index (χ1) is 4.76. The standard InChI is InChI=1S/C8H13NO/c1-4-7(9-6-3)8(10)5-2/h4-6,10H,1-3H3. The summed E-state index contributed by atoms with van der Waals surface area (Å²) in [6, 6.07) is 0. The summed E-state index contributed by atoms with van der Waals surface area (Å²) in [5.74, 6) is 0.223.